The van der Waals surface area contributed by atoms with Crippen molar-refractivity contribution in [3.05, 3.63) is 22.4 Å². The van der Waals surface area contributed by atoms with Gasteiger partial charge in [-0.3, -0.25) is 0 Å². The predicted molar refractivity (Wildman–Crippen MR) is 74.3 cm³/mol. The minimum Gasteiger partial charge on any atom is -0.212 e. The van der Waals surface area contributed by atoms with Gasteiger partial charge in [-0.05, 0) is 30.7 Å². The van der Waals surface area contributed by atoms with Crippen molar-refractivity contribution in [3.8, 4) is 0 Å². The fraction of sp³-hybridized carbons (Fsp3) is 0.636. The molecule has 0 fully saturated rings. The maximum atomic E-state index is 11.8. The molecule has 2 unspecified atom stereocenters. The van der Waals surface area contributed by atoms with Crippen molar-refractivity contribution < 1.29 is 8.42 Å². The minimum atomic E-state index is -3.23. The van der Waals surface area contributed by atoms with Crippen LogP contribution in [-0.2, 0) is 16.4 Å². The third-order valence-corrected chi connectivity index (χ3v) is 5.43. The summed E-state index contributed by atoms with van der Waals surface area (Å²) < 4.78 is 26.2. The van der Waals surface area contributed by atoms with Gasteiger partial charge in [0.15, 0.2) is 0 Å². The number of rotatable bonds is 7. The fourth-order valence-corrected chi connectivity index (χ4v) is 4.28. The lowest BCUT2D eigenvalue weighted by atomic mass is 10.2. The first-order chi connectivity index (χ1) is 7.93. The molecule has 1 heterocycles. The number of thiophene rings is 1. The average molecular weight is 296 g/mol. The first-order valence-electron chi connectivity index (χ1n) is 5.51. The summed E-state index contributed by atoms with van der Waals surface area (Å²) in [7, 11) is -3.23. The molecule has 0 aliphatic carbocycles. The van der Waals surface area contributed by atoms with Crippen LogP contribution in [0.1, 0.15) is 18.7 Å². The molecule has 2 atom stereocenters. The van der Waals surface area contributed by atoms with E-state index >= 15 is 0 Å². The molecule has 0 aromatic carbocycles. The molecule has 1 aromatic rings. The van der Waals surface area contributed by atoms with Gasteiger partial charge in [0.1, 0.15) is 0 Å². The predicted octanol–water partition coefficient (Wildman–Crippen LogP) is 2.47. The SMILES string of the molecule is CC(CCl)CS(=O)(=O)NC(C)Cc1cccs1. The quantitative estimate of drug-likeness (QED) is 0.786. The third kappa shape index (κ3) is 5.86. The molecule has 98 valence electrons. The van der Waals surface area contributed by atoms with E-state index in [1.54, 1.807) is 11.3 Å². The molecule has 3 nitrogen and oxygen atoms in total. The molecular weight excluding hydrogens is 278 g/mol. The van der Waals surface area contributed by atoms with Crippen molar-refractivity contribution in [2.45, 2.75) is 26.3 Å². The number of alkyl halides is 1. The maximum absolute atomic E-state index is 11.8. The second-order valence-corrected chi connectivity index (χ2v) is 7.48. The van der Waals surface area contributed by atoms with E-state index in [2.05, 4.69) is 4.72 Å². The first-order valence-corrected chi connectivity index (χ1v) is 8.58. The Morgan fingerprint density at radius 2 is 2.18 bits per heavy atom. The minimum absolute atomic E-state index is 0.0249. The third-order valence-electron chi connectivity index (χ3n) is 2.24. The van der Waals surface area contributed by atoms with Crippen LogP contribution < -0.4 is 4.72 Å². The molecule has 6 heteroatoms. The normalized spacial score (nSPS) is 15.7. The van der Waals surface area contributed by atoms with E-state index in [0.29, 0.717) is 5.88 Å². The van der Waals surface area contributed by atoms with E-state index < -0.39 is 10.0 Å². The molecule has 0 spiro atoms. The lowest BCUT2D eigenvalue weighted by Crippen LogP contribution is -2.37. The van der Waals surface area contributed by atoms with Crippen LogP contribution in [0.5, 0.6) is 0 Å². The maximum Gasteiger partial charge on any atom is 0.212 e. The van der Waals surface area contributed by atoms with Crippen molar-refractivity contribution in [1.29, 1.82) is 0 Å². The standard InChI is InChI=1S/C11H18ClNO2S2/c1-9(7-12)8-17(14,15)13-10(2)6-11-4-3-5-16-11/h3-5,9-10,13H,6-8H2,1-2H3. The molecule has 0 aliphatic heterocycles. The Kier molecular flexibility index (Phi) is 5.92. The Bertz CT molecular complexity index is 417. The van der Waals surface area contributed by atoms with Gasteiger partial charge in [0.25, 0.3) is 0 Å². The van der Waals surface area contributed by atoms with Crippen molar-refractivity contribution in [1.82, 2.24) is 4.72 Å². The van der Waals surface area contributed by atoms with Crippen molar-refractivity contribution in [3.63, 3.8) is 0 Å². The van der Waals surface area contributed by atoms with Crippen LogP contribution in [0.25, 0.3) is 0 Å². The van der Waals surface area contributed by atoms with Crippen LogP contribution in [-0.4, -0.2) is 26.1 Å². The number of halogens is 1. The van der Waals surface area contributed by atoms with Gasteiger partial charge in [-0.25, -0.2) is 13.1 Å². The van der Waals surface area contributed by atoms with E-state index in [4.69, 9.17) is 11.6 Å². The van der Waals surface area contributed by atoms with Gasteiger partial charge >= 0.3 is 0 Å². The largest absolute Gasteiger partial charge is 0.212 e. The second-order valence-electron chi connectivity index (χ2n) is 4.34. The number of nitrogens with one attached hydrogen (secondary N) is 1. The second kappa shape index (κ2) is 6.73. The highest BCUT2D eigenvalue weighted by atomic mass is 35.5. The Hall–Kier alpha value is -0.100. The highest BCUT2D eigenvalue weighted by molar-refractivity contribution is 7.89. The zero-order valence-electron chi connectivity index (χ0n) is 10.0. The molecule has 0 aliphatic rings. The highest BCUT2D eigenvalue weighted by Gasteiger charge is 2.18. The van der Waals surface area contributed by atoms with E-state index in [-0.39, 0.29) is 17.7 Å². The van der Waals surface area contributed by atoms with E-state index in [1.165, 1.54) is 4.88 Å². The highest BCUT2D eigenvalue weighted by Crippen LogP contribution is 2.12. The van der Waals surface area contributed by atoms with Crippen LogP contribution in [0.15, 0.2) is 17.5 Å². The number of hydrogen-bond acceptors (Lipinski definition) is 3. The van der Waals surface area contributed by atoms with E-state index in [0.717, 1.165) is 6.42 Å². The molecule has 0 radical (unpaired) electrons. The molecular formula is C11H18ClNO2S2. The Morgan fingerprint density at radius 1 is 1.47 bits per heavy atom. The van der Waals surface area contributed by atoms with Gasteiger partial charge in [-0.2, -0.15) is 0 Å². The van der Waals surface area contributed by atoms with Gasteiger partial charge in [-0.15, -0.1) is 22.9 Å². The smallest absolute Gasteiger partial charge is 0.212 e. The summed E-state index contributed by atoms with van der Waals surface area (Å²) in [4.78, 5) is 1.19. The molecule has 0 saturated carbocycles. The summed E-state index contributed by atoms with van der Waals surface area (Å²) in [5.41, 5.74) is 0. The van der Waals surface area contributed by atoms with Crippen LogP contribution in [0, 0.1) is 5.92 Å². The molecule has 0 bridgehead atoms. The lowest BCUT2D eigenvalue weighted by Gasteiger charge is -2.15. The summed E-state index contributed by atoms with van der Waals surface area (Å²) in [5, 5.41) is 1.99. The van der Waals surface area contributed by atoms with Crippen molar-refractivity contribution >= 4 is 33.0 Å². The number of sulfonamides is 1. The molecule has 1 rings (SSSR count). The van der Waals surface area contributed by atoms with Gasteiger partial charge in [-0.1, -0.05) is 13.0 Å². The molecule has 1 aromatic heterocycles. The van der Waals surface area contributed by atoms with Crippen molar-refractivity contribution in [2.24, 2.45) is 5.92 Å². The summed E-state index contributed by atoms with van der Waals surface area (Å²) >= 11 is 7.26. The molecule has 0 amide bonds. The molecule has 0 saturated heterocycles. The number of hydrogen-bond donors (Lipinski definition) is 1. The average Bonchev–Trinajstić information content (AvgIpc) is 2.68. The monoisotopic (exact) mass is 295 g/mol. The Balaban J connectivity index is 2.47. The van der Waals surface area contributed by atoms with E-state index in [1.807, 2.05) is 31.4 Å². The lowest BCUT2D eigenvalue weighted by molar-refractivity contribution is 0.550. The van der Waals surface area contributed by atoms with Gasteiger partial charge in [0, 0.05) is 16.8 Å². The zero-order chi connectivity index (χ0) is 12.9. The van der Waals surface area contributed by atoms with Crippen LogP contribution in [0.4, 0.5) is 0 Å². The van der Waals surface area contributed by atoms with Crippen LogP contribution in [0.2, 0.25) is 0 Å². The topological polar surface area (TPSA) is 46.2 Å². The summed E-state index contributed by atoms with van der Waals surface area (Å²) in [6.07, 6.45) is 0.728. The Morgan fingerprint density at radius 3 is 2.71 bits per heavy atom. The summed E-state index contributed by atoms with van der Waals surface area (Å²) in [5.74, 6) is 0.425. The summed E-state index contributed by atoms with van der Waals surface area (Å²) in [6.45, 7) is 3.71. The van der Waals surface area contributed by atoms with Crippen molar-refractivity contribution in [2.75, 3.05) is 11.6 Å². The molecule has 1 N–H and O–H groups in total. The molecule has 17 heavy (non-hydrogen) atoms. The Labute approximate surface area is 112 Å². The van der Waals surface area contributed by atoms with Gasteiger partial charge in [0.05, 0.1) is 5.75 Å². The zero-order valence-corrected chi connectivity index (χ0v) is 12.4. The fourth-order valence-electron chi connectivity index (χ4n) is 1.55. The van der Waals surface area contributed by atoms with E-state index in [9.17, 15) is 8.42 Å². The summed E-state index contributed by atoms with van der Waals surface area (Å²) in [6, 6.07) is 3.90. The first kappa shape index (κ1) is 15.0. The van der Waals surface area contributed by atoms with Crippen LogP contribution >= 0.6 is 22.9 Å². The van der Waals surface area contributed by atoms with Gasteiger partial charge < -0.3 is 0 Å². The van der Waals surface area contributed by atoms with Crippen LogP contribution in [0.3, 0.4) is 0 Å². The van der Waals surface area contributed by atoms with Gasteiger partial charge in [0.2, 0.25) is 10.0 Å².